The first-order valence-electron chi connectivity index (χ1n) is 7.25. The molecule has 0 saturated heterocycles. The maximum absolute atomic E-state index is 12.8. The Morgan fingerprint density at radius 2 is 2.00 bits per heavy atom. The van der Waals surface area contributed by atoms with Crippen LogP contribution in [-0.2, 0) is 0 Å². The van der Waals surface area contributed by atoms with Crippen molar-refractivity contribution >= 4 is 5.91 Å². The number of nitrogens with zero attached hydrogens (tertiary/aromatic N) is 1. The molecule has 21 heavy (non-hydrogen) atoms. The number of rotatable bonds is 2. The molecule has 0 fully saturated rings. The summed E-state index contributed by atoms with van der Waals surface area (Å²) >= 11 is 0. The van der Waals surface area contributed by atoms with Gasteiger partial charge in [0, 0.05) is 18.7 Å². The van der Waals surface area contributed by atoms with Crippen LogP contribution in [0, 0.1) is 24.2 Å². The van der Waals surface area contributed by atoms with Gasteiger partial charge in [-0.15, -0.1) is 0 Å². The summed E-state index contributed by atoms with van der Waals surface area (Å²) in [5, 5.41) is 0. The van der Waals surface area contributed by atoms with E-state index in [0.29, 0.717) is 5.56 Å². The molecular formula is C18H26N2O. The van der Waals surface area contributed by atoms with Crippen molar-refractivity contribution in [3.8, 4) is 11.8 Å². The fourth-order valence-electron chi connectivity index (χ4n) is 2.04. The van der Waals surface area contributed by atoms with E-state index >= 15 is 0 Å². The minimum atomic E-state index is -0.00116. The summed E-state index contributed by atoms with van der Waals surface area (Å²) in [5.41, 5.74) is 7.93. The Hall–Kier alpha value is -1.79. The lowest BCUT2D eigenvalue weighted by molar-refractivity contribution is 0.0629. The monoisotopic (exact) mass is 286 g/mol. The van der Waals surface area contributed by atoms with Crippen LogP contribution in [0.25, 0.3) is 0 Å². The van der Waals surface area contributed by atoms with Gasteiger partial charge in [-0.2, -0.15) is 0 Å². The van der Waals surface area contributed by atoms with Gasteiger partial charge < -0.3 is 10.6 Å². The van der Waals surface area contributed by atoms with Gasteiger partial charge in [0.2, 0.25) is 0 Å². The summed E-state index contributed by atoms with van der Waals surface area (Å²) < 4.78 is 0. The molecule has 3 heteroatoms. The maximum atomic E-state index is 12.8. The normalized spacial score (nSPS) is 12.3. The van der Waals surface area contributed by atoms with Crippen molar-refractivity contribution in [1.29, 1.82) is 0 Å². The van der Waals surface area contributed by atoms with Crippen LogP contribution in [0.2, 0.25) is 0 Å². The van der Waals surface area contributed by atoms with Crippen LogP contribution in [0.4, 0.5) is 0 Å². The summed E-state index contributed by atoms with van der Waals surface area (Å²) in [6.45, 7) is 10.7. The van der Waals surface area contributed by atoms with Crippen molar-refractivity contribution in [2.45, 2.75) is 40.7 Å². The quantitative estimate of drug-likeness (QED) is 0.850. The lowest BCUT2D eigenvalue weighted by Crippen LogP contribution is -2.43. The predicted octanol–water partition coefficient (Wildman–Crippen LogP) is 2.81. The summed E-state index contributed by atoms with van der Waals surface area (Å²) in [6, 6.07) is 5.85. The molecule has 0 spiro atoms. The molecule has 3 nitrogen and oxygen atoms in total. The minimum absolute atomic E-state index is 0.00116. The van der Waals surface area contributed by atoms with Crippen molar-refractivity contribution in [2.75, 3.05) is 13.6 Å². The summed E-state index contributed by atoms with van der Waals surface area (Å²) in [6.07, 6.45) is 0. The average Bonchev–Trinajstić information content (AvgIpc) is 2.41. The lowest BCUT2D eigenvalue weighted by atomic mass is 9.86. The van der Waals surface area contributed by atoms with Gasteiger partial charge in [0.05, 0.1) is 12.1 Å². The molecule has 0 radical (unpaired) electrons. The molecule has 0 aliphatic rings. The number of amides is 1. The molecule has 1 aromatic rings. The Bertz CT molecular complexity index is 573. The SMILES string of the molecule is Cc1ccc(C(=O)N(C)C(C)C(C)(C)C)c(C#CCN)c1. The van der Waals surface area contributed by atoms with Crippen molar-refractivity contribution < 1.29 is 4.79 Å². The third-order valence-corrected chi connectivity index (χ3v) is 3.89. The van der Waals surface area contributed by atoms with Crippen LogP contribution in [0.15, 0.2) is 18.2 Å². The number of nitrogens with two attached hydrogens (primary N) is 1. The van der Waals surface area contributed by atoms with Crippen LogP contribution in [0.3, 0.4) is 0 Å². The summed E-state index contributed by atoms with van der Waals surface area (Å²) in [7, 11) is 1.85. The van der Waals surface area contributed by atoms with E-state index in [9.17, 15) is 4.79 Å². The smallest absolute Gasteiger partial charge is 0.255 e. The van der Waals surface area contributed by atoms with Gasteiger partial charge in [0.15, 0.2) is 0 Å². The fourth-order valence-corrected chi connectivity index (χ4v) is 2.04. The lowest BCUT2D eigenvalue weighted by Gasteiger charge is -2.35. The van der Waals surface area contributed by atoms with Crippen LogP contribution in [0.1, 0.15) is 49.2 Å². The molecule has 0 aliphatic carbocycles. The molecular weight excluding hydrogens is 260 g/mol. The zero-order valence-corrected chi connectivity index (χ0v) is 13.9. The molecule has 0 heterocycles. The van der Waals surface area contributed by atoms with Gasteiger partial charge >= 0.3 is 0 Å². The maximum Gasteiger partial charge on any atom is 0.255 e. The predicted molar refractivity (Wildman–Crippen MR) is 88.1 cm³/mol. The highest BCUT2D eigenvalue weighted by atomic mass is 16.2. The van der Waals surface area contributed by atoms with E-state index in [1.165, 1.54) is 0 Å². The van der Waals surface area contributed by atoms with Gasteiger partial charge in [-0.25, -0.2) is 0 Å². The van der Waals surface area contributed by atoms with Gasteiger partial charge in [-0.1, -0.05) is 38.7 Å². The van der Waals surface area contributed by atoms with E-state index in [2.05, 4.69) is 39.5 Å². The van der Waals surface area contributed by atoms with Gasteiger partial charge in [0.1, 0.15) is 0 Å². The van der Waals surface area contributed by atoms with Crippen molar-refractivity contribution in [3.63, 3.8) is 0 Å². The molecule has 1 rings (SSSR count). The highest BCUT2D eigenvalue weighted by molar-refractivity contribution is 5.97. The zero-order chi connectivity index (χ0) is 16.2. The van der Waals surface area contributed by atoms with E-state index in [0.717, 1.165) is 11.1 Å². The summed E-state index contributed by atoms with van der Waals surface area (Å²) in [4.78, 5) is 14.5. The Labute approximate surface area is 128 Å². The third-order valence-electron chi connectivity index (χ3n) is 3.89. The topological polar surface area (TPSA) is 46.3 Å². The number of benzene rings is 1. The highest BCUT2D eigenvalue weighted by Crippen LogP contribution is 2.25. The zero-order valence-electron chi connectivity index (χ0n) is 13.9. The van der Waals surface area contributed by atoms with Crippen molar-refractivity contribution in [1.82, 2.24) is 4.90 Å². The second-order valence-electron chi connectivity index (χ2n) is 6.51. The summed E-state index contributed by atoms with van der Waals surface area (Å²) in [5.74, 6) is 5.84. The first kappa shape index (κ1) is 17.3. The Morgan fingerprint density at radius 3 is 2.52 bits per heavy atom. The van der Waals surface area contributed by atoms with E-state index in [4.69, 9.17) is 5.73 Å². The number of hydrogen-bond donors (Lipinski definition) is 1. The van der Waals surface area contributed by atoms with E-state index in [1.807, 2.05) is 32.2 Å². The van der Waals surface area contributed by atoms with Crippen molar-refractivity contribution in [2.24, 2.45) is 11.1 Å². The minimum Gasteiger partial charge on any atom is -0.338 e. The second-order valence-corrected chi connectivity index (χ2v) is 6.51. The third kappa shape index (κ3) is 4.34. The van der Waals surface area contributed by atoms with E-state index < -0.39 is 0 Å². The molecule has 1 unspecified atom stereocenters. The van der Waals surface area contributed by atoms with Gasteiger partial charge in [-0.3, -0.25) is 4.79 Å². The largest absolute Gasteiger partial charge is 0.338 e. The molecule has 2 N–H and O–H groups in total. The molecule has 1 atom stereocenters. The fraction of sp³-hybridized carbons (Fsp3) is 0.500. The van der Waals surface area contributed by atoms with Crippen molar-refractivity contribution in [3.05, 3.63) is 34.9 Å². The molecule has 0 saturated carbocycles. The van der Waals surface area contributed by atoms with Crippen LogP contribution in [0.5, 0.6) is 0 Å². The first-order valence-corrected chi connectivity index (χ1v) is 7.25. The van der Waals surface area contributed by atoms with Gasteiger partial charge in [0.25, 0.3) is 5.91 Å². The first-order chi connectivity index (χ1) is 9.68. The van der Waals surface area contributed by atoms with Crippen LogP contribution < -0.4 is 5.73 Å². The Balaban J connectivity index is 3.18. The molecule has 1 amide bonds. The molecule has 0 aliphatic heterocycles. The number of hydrogen-bond acceptors (Lipinski definition) is 2. The van der Waals surface area contributed by atoms with Crippen LogP contribution >= 0.6 is 0 Å². The standard InChI is InChI=1S/C18H26N2O/c1-13-9-10-16(15(12-13)8-7-11-19)17(21)20(6)14(2)18(3,4)5/h9-10,12,14H,11,19H2,1-6H3. The average molecular weight is 286 g/mol. The number of carbonyl (C=O) groups excluding carboxylic acids is 1. The van der Waals surface area contributed by atoms with E-state index in [-0.39, 0.29) is 23.9 Å². The van der Waals surface area contributed by atoms with Gasteiger partial charge in [-0.05, 0) is 37.0 Å². The Morgan fingerprint density at radius 1 is 1.38 bits per heavy atom. The second kappa shape index (κ2) is 6.78. The molecule has 0 bridgehead atoms. The van der Waals surface area contributed by atoms with E-state index in [1.54, 1.807) is 4.90 Å². The number of aryl methyl sites for hydroxylation is 1. The number of carbonyl (C=O) groups is 1. The molecule has 0 aromatic heterocycles. The van der Waals surface area contributed by atoms with Crippen LogP contribution in [-0.4, -0.2) is 30.4 Å². The molecule has 1 aromatic carbocycles. The Kier molecular flexibility index (Phi) is 5.57. The highest BCUT2D eigenvalue weighted by Gasteiger charge is 2.28. The molecule has 114 valence electrons.